The molecule has 0 unspecified atom stereocenters. The molecule has 2 aromatic carbocycles. The molecule has 53 heavy (non-hydrogen) atoms. The van der Waals surface area contributed by atoms with Gasteiger partial charge in [-0.2, -0.15) is 0 Å². The number of hydrogen-bond acceptors (Lipinski definition) is 7. The maximum Gasteiger partial charge on any atom is 0.408 e. The smallest absolute Gasteiger partial charge is 0.408 e. The summed E-state index contributed by atoms with van der Waals surface area (Å²) < 4.78 is 42.5. The Hall–Kier alpha value is -3.68. The molecule has 1 heterocycles. The molecule has 3 rings (SSSR count). The summed E-state index contributed by atoms with van der Waals surface area (Å²) in [6.07, 6.45) is 1.58. The molecule has 0 spiro atoms. The average molecular weight is 773 g/mol. The van der Waals surface area contributed by atoms with Crippen molar-refractivity contribution in [2.45, 2.75) is 97.9 Å². The van der Waals surface area contributed by atoms with Crippen LogP contribution >= 0.6 is 11.8 Å². The number of esters is 1. The molecule has 0 saturated carbocycles. The number of alkyl carbamates (subject to hydrolysis) is 1. The molecular weight excluding hydrogens is 715 g/mol. The number of carbonyl (C=O) groups excluding carboxylic acids is 3. The van der Waals surface area contributed by atoms with E-state index in [1.165, 1.54) is 17.8 Å². The van der Waals surface area contributed by atoms with E-state index in [9.17, 15) is 18.8 Å². The molecule has 2 atom stereocenters. The summed E-state index contributed by atoms with van der Waals surface area (Å²) in [5.41, 5.74) is 7.06. The van der Waals surface area contributed by atoms with Gasteiger partial charge in [-0.3, -0.25) is 4.79 Å². The zero-order valence-corrected chi connectivity index (χ0v) is 34.6. The highest BCUT2D eigenvalue weighted by Crippen LogP contribution is 2.41. The number of carbonyl (C=O) groups is 3. The normalized spacial score (nSPS) is 13.3. The van der Waals surface area contributed by atoms with E-state index in [1.807, 2.05) is 61.7 Å². The van der Waals surface area contributed by atoms with E-state index in [0.717, 1.165) is 29.4 Å². The Morgan fingerprint density at radius 1 is 1.00 bits per heavy atom. The minimum absolute atomic E-state index is 0.00336. The Morgan fingerprint density at radius 2 is 1.68 bits per heavy atom. The van der Waals surface area contributed by atoms with Crippen LogP contribution in [0.5, 0.6) is 0 Å². The van der Waals surface area contributed by atoms with Crippen molar-refractivity contribution in [3.05, 3.63) is 83.7 Å². The van der Waals surface area contributed by atoms with Gasteiger partial charge in [0.15, 0.2) is 0 Å². The molecule has 0 fully saturated rings. The Bertz CT molecular complexity index is 1670. The Balaban J connectivity index is 1.96. The van der Waals surface area contributed by atoms with Crippen LogP contribution < -0.4 is 11.1 Å². The molecule has 1 aromatic heterocycles. The van der Waals surface area contributed by atoms with Gasteiger partial charge in [-0.1, -0.05) is 70.7 Å². The van der Waals surface area contributed by atoms with Gasteiger partial charge in [0.2, 0.25) is 5.91 Å². The number of nitrogens with one attached hydrogen (secondary N) is 1. The fraction of sp³-hybridized carbons (Fsp3) is 0.525. The molecule has 0 aliphatic rings. The average Bonchev–Trinajstić information content (AvgIpc) is 3.44. The van der Waals surface area contributed by atoms with Gasteiger partial charge in [-0.25, -0.2) is 18.4 Å². The van der Waals surface area contributed by atoms with E-state index in [1.54, 1.807) is 31.9 Å². The van der Waals surface area contributed by atoms with Crippen molar-refractivity contribution in [2.75, 3.05) is 31.2 Å². The van der Waals surface area contributed by atoms with Crippen molar-refractivity contribution in [3.8, 4) is 11.1 Å². The second-order valence-corrected chi connectivity index (χ2v) is 23.2. The molecule has 13 heteroatoms. The van der Waals surface area contributed by atoms with Crippen LogP contribution in [0.4, 0.5) is 13.6 Å². The molecule has 3 aromatic rings. The van der Waals surface area contributed by atoms with Gasteiger partial charge in [0.05, 0.1) is 18.4 Å². The number of nitrogens with zero attached hydrogens (tertiary/aromatic N) is 2. The van der Waals surface area contributed by atoms with Crippen LogP contribution in [-0.4, -0.2) is 78.4 Å². The zero-order valence-electron chi connectivity index (χ0n) is 32.8. The number of hydrogen-bond donors (Lipinski definition) is 2. The molecule has 0 saturated heterocycles. The Morgan fingerprint density at radius 3 is 2.28 bits per heavy atom. The van der Waals surface area contributed by atoms with Crippen LogP contribution in [0, 0.1) is 17.0 Å². The lowest BCUT2D eigenvalue weighted by atomic mass is 9.83. The lowest BCUT2D eigenvalue weighted by molar-refractivity contribution is -0.145. The fourth-order valence-electron chi connectivity index (χ4n) is 5.80. The molecule has 292 valence electrons. The first-order valence-corrected chi connectivity index (χ1v) is 23.0. The Kier molecular flexibility index (Phi) is 15.7. The number of rotatable bonds is 17. The topological polar surface area (TPSA) is 116 Å². The first kappa shape index (κ1) is 43.7. The minimum Gasteiger partial charge on any atom is -0.464 e. The number of ether oxygens (including phenoxy) is 2. The van der Waals surface area contributed by atoms with Crippen LogP contribution in [0.1, 0.15) is 65.3 Å². The fourth-order valence-corrected chi connectivity index (χ4v) is 7.42. The first-order valence-electron chi connectivity index (χ1n) is 18.1. The molecule has 0 radical (unpaired) electrons. The highest BCUT2D eigenvalue weighted by atomic mass is 32.2. The summed E-state index contributed by atoms with van der Waals surface area (Å²) in [4.78, 5) is 42.0. The number of aromatic nitrogens is 1. The lowest BCUT2D eigenvalue weighted by Gasteiger charge is -2.41. The summed E-state index contributed by atoms with van der Waals surface area (Å²) in [6.45, 7) is 19.2. The van der Waals surface area contributed by atoms with Crippen LogP contribution in [0.2, 0.25) is 25.7 Å². The summed E-state index contributed by atoms with van der Waals surface area (Å²) in [5.74, 6) is -1.81. The molecule has 3 N–H and O–H groups in total. The van der Waals surface area contributed by atoms with E-state index in [0.29, 0.717) is 31.6 Å². The van der Waals surface area contributed by atoms with Gasteiger partial charge in [0.25, 0.3) is 0 Å². The van der Waals surface area contributed by atoms with Gasteiger partial charge < -0.3 is 30.0 Å². The maximum atomic E-state index is 15.1. The quantitative estimate of drug-likeness (QED) is 0.105. The number of benzene rings is 2. The van der Waals surface area contributed by atoms with Crippen molar-refractivity contribution in [1.29, 1.82) is 0 Å². The van der Waals surface area contributed by atoms with Crippen LogP contribution in [0.3, 0.4) is 0 Å². The predicted molar refractivity (Wildman–Crippen MR) is 213 cm³/mol. The summed E-state index contributed by atoms with van der Waals surface area (Å²) >= 11 is 1.21. The second-order valence-electron chi connectivity index (χ2n) is 16.6. The first-order chi connectivity index (χ1) is 24.7. The molecule has 0 bridgehead atoms. The van der Waals surface area contributed by atoms with Crippen LogP contribution in [0.25, 0.3) is 11.1 Å². The second kappa shape index (κ2) is 19.1. The van der Waals surface area contributed by atoms with Crippen molar-refractivity contribution >= 4 is 37.8 Å². The lowest BCUT2D eigenvalue weighted by Crippen LogP contribution is -2.46. The number of halogens is 2. The molecule has 0 aliphatic carbocycles. The van der Waals surface area contributed by atoms with Crippen molar-refractivity contribution < 1.29 is 32.6 Å². The molecular formula is C40H58F2N4O5SSi. The third-order valence-electron chi connectivity index (χ3n) is 8.28. The minimum atomic E-state index is -1.48. The molecule has 9 nitrogen and oxygen atoms in total. The number of amides is 2. The van der Waals surface area contributed by atoms with E-state index < -0.39 is 54.9 Å². The highest BCUT2D eigenvalue weighted by Gasteiger charge is 2.37. The van der Waals surface area contributed by atoms with E-state index >= 15 is 4.39 Å². The summed E-state index contributed by atoms with van der Waals surface area (Å²) in [5, 5.41) is 2.64. The van der Waals surface area contributed by atoms with Crippen molar-refractivity contribution in [1.82, 2.24) is 14.8 Å². The van der Waals surface area contributed by atoms with Crippen LogP contribution in [0.15, 0.2) is 60.8 Å². The van der Waals surface area contributed by atoms with Crippen molar-refractivity contribution in [2.24, 2.45) is 11.1 Å². The molecule has 0 aliphatic heterocycles. The van der Waals surface area contributed by atoms with Crippen molar-refractivity contribution in [3.63, 3.8) is 0 Å². The van der Waals surface area contributed by atoms with E-state index in [4.69, 9.17) is 15.2 Å². The number of thioether (sulfide) groups is 1. The number of nitrogens with two attached hydrogens (primary N) is 1. The van der Waals surface area contributed by atoms with Gasteiger partial charge in [-0.05, 0) is 75.0 Å². The Labute approximate surface area is 319 Å². The monoisotopic (exact) mass is 772 g/mol. The van der Waals surface area contributed by atoms with Crippen LogP contribution in [-0.2, 0) is 25.6 Å². The standard InChI is InChI=1S/C40H58F2N4O5SSi/c1-39(2,3)36(34-22-29(31-23-30(41)16-17-32(31)42)25-45(34)24-28-14-11-10-12-15-28)46(19-13-18-43)35(47)27-52-26-33(44-38(49)51-40(4,5)6)37(48)50-20-21-53(7,8)9/h10-12,14-17,22-23,25,33,36H,13,18-21,24,26-27,43H2,1-9H3,(H,44,49)/t33-,36-/m0/s1. The molecule has 2 amide bonds. The van der Waals surface area contributed by atoms with E-state index in [2.05, 4.69) is 25.0 Å². The van der Waals surface area contributed by atoms with Gasteiger partial charge in [0, 0.05) is 49.9 Å². The largest absolute Gasteiger partial charge is 0.464 e. The third kappa shape index (κ3) is 14.2. The summed E-state index contributed by atoms with van der Waals surface area (Å²) in [6, 6.07) is 14.2. The summed E-state index contributed by atoms with van der Waals surface area (Å²) in [7, 11) is -1.48. The maximum absolute atomic E-state index is 15.1. The van der Waals surface area contributed by atoms with E-state index in [-0.39, 0.29) is 29.6 Å². The predicted octanol–water partition coefficient (Wildman–Crippen LogP) is 8.25. The van der Waals surface area contributed by atoms with Gasteiger partial charge >= 0.3 is 12.1 Å². The highest BCUT2D eigenvalue weighted by molar-refractivity contribution is 8.00. The third-order valence-corrected chi connectivity index (χ3v) is 11.0. The SMILES string of the molecule is CC(C)(C)OC(=O)N[C@@H](CSCC(=O)N(CCCN)[C@@H](c1cc(-c2cc(F)ccc2F)cn1Cc1ccccc1)C(C)(C)C)C(=O)OCC[Si](C)(C)C. The van der Waals surface area contributed by atoms with Gasteiger partial charge in [-0.15, -0.1) is 11.8 Å². The zero-order chi connectivity index (χ0) is 39.6. The van der Waals surface area contributed by atoms with Gasteiger partial charge in [0.1, 0.15) is 23.3 Å².